The Balaban J connectivity index is 3.03. The Morgan fingerprint density at radius 1 is 1.45 bits per heavy atom. The number of hydrogen-bond acceptors (Lipinski definition) is 3. The van der Waals surface area contributed by atoms with Crippen LogP contribution in [-0.2, 0) is 14.0 Å². The highest BCUT2D eigenvalue weighted by Gasteiger charge is 2.46. The number of ether oxygens (including phenoxy) is 1. The van der Waals surface area contributed by atoms with Gasteiger partial charge in [0.15, 0.2) is 0 Å². The lowest BCUT2D eigenvalue weighted by atomic mass is 9.68. The summed E-state index contributed by atoms with van der Waals surface area (Å²) in [6.07, 6.45) is 2.71. The molecule has 0 spiro atoms. The summed E-state index contributed by atoms with van der Waals surface area (Å²) in [7, 11) is -1.87. The van der Waals surface area contributed by atoms with E-state index in [0.29, 0.717) is 13.0 Å². The fraction of sp³-hybridized carbons (Fsp3) is 0.722. The lowest BCUT2D eigenvalue weighted by Crippen LogP contribution is -2.43. The zero-order valence-electron chi connectivity index (χ0n) is 15.5. The first-order chi connectivity index (χ1) is 9.86. The molecule has 0 amide bonds. The minimum absolute atomic E-state index is 0.0209. The third-order valence-corrected chi connectivity index (χ3v) is 9.75. The van der Waals surface area contributed by atoms with Gasteiger partial charge in [0.25, 0.3) is 0 Å². The second-order valence-corrected chi connectivity index (χ2v) is 12.7. The molecule has 0 aromatic carbocycles. The molecule has 0 bridgehead atoms. The molecule has 0 saturated carbocycles. The molecule has 0 heterocycles. The monoisotopic (exact) mass is 324 g/mol. The molecule has 1 aliphatic carbocycles. The van der Waals surface area contributed by atoms with Crippen molar-refractivity contribution in [2.24, 2.45) is 11.3 Å². The summed E-state index contributed by atoms with van der Waals surface area (Å²) in [4.78, 5) is 12.3. The van der Waals surface area contributed by atoms with E-state index in [1.807, 2.05) is 20.8 Å². The summed E-state index contributed by atoms with van der Waals surface area (Å²) in [5.74, 6) is 0.800. The highest BCUT2D eigenvalue weighted by molar-refractivity contribution is 6.74. The molecule has 0 aromatic rings. The summed E-state index contributed by atoms with van der Waals surface area (Å²) in [6.45, 7) is 21.5. The second-order valence-electron chi connectivity index (χ2n) is 7.99. The van der Waals surface area contributed by atoms with Crippen molar-refractivity contribution in [1.82, 2.24) is 0 Å². The van der Waals surface area contributed by atoms with Crippen LogP contribution in [0.25, 0.3) is 0 Å². The van der Waals surface area contributed by atoms with Crippen LogP contribution in [0.3, 0.4) is 0 Å². The summed E-state index contributed by atoms with van der Waals surface area (Å²) >= 11 is 0. The third-order valence-electron chi connectivity index (χ3n) is 5.36. The van der Waals surface area contributed by atoms with Crippen molar-refractivity contribution in [3.05, 3.63) is 24.0 Å². The van der Waals surface area contributed by atoms with Crippen LogP contribution in [0, 0.1) is 11.3 Å². The molecule has 1 rings (SSSR count). The Labute approximate surface area is 136 Å². The molecule has 0 fully saturated rings. The van der Waals surface area contributed by atoms with Gasteiger partial charge in [-0.2, -0.15) is 0 Å². The van der Waals surface area contributed by atoms with E-state index in [4.69, 9.17) is 9.16 Å². The minimum Gasteiger partial charge on any atom is -0.546 e. The van der Waals surface area contributed by atoms with E-state index >= 15 is 0 Å². The van der Waals surface area contributed by atoms with Gasteiger partial charge in [-0.25, -0.2) is 0 Å². The normalized spacial score (nSPS) is 26.5. The van der Waals surface area contributed by atoms with Crippen LogP contribution in [0.5, 0.6) is 0 Å². The van der Waals surface area contributed by atoms with Gasteiger partial charge < -0.3 is 9.16 Å². The van der Waals surface area contributed by atoms with Crippen LogP contribution >= 0.6 is 0 Å². The van der Waals surface area contributed by atoms with Crippen molar-refractivity contribution in [3.8, 4) is 0 Å². The van der Waals surface area contributed by atoms with Crippen LogP contribution in [0.2, 0.25) is 18.1 Å². The number of rotatable bonds is 4. The molecule has 0 N–H and O–H groups in total. The molecule has 0 unspecified atom stereocenters. The first-order valence-electron chi connectivity index (χ1n) is 8.11. The van der Waals surface area contributed by atoms with E-state index in [0.717, 1.165) is 11.3 Å². The first kappa shape index (κ1) is 19.0. The summed E-state index contributed by atoms with van der Waals surface area (Å²) in [5.41, 5.74) is 0.227. The van der Waals surface area contributed by atoms with Crippen LogP contribution in [0.15, 0.2) is 24.0 Å². The topological polar surface area (TPSA) is 35.5 Å². The first-order valence-corrected chi connectivity index (χ1v) is 11.0. The molecule has 126 valence electrons. The van der Waals surface area contributed by atoms with Gasteiger partial charge in [0, 0.05) is 6.42 Å². The van der Waals surface area contributed by atoms with Crippen molar-refractivity contribution in [2.45, 2.75) is 66.1 Å². The van der Waals surface area contributed by atoms with Crippen molar-refractivity contribution in [2.75, 3.05) is 6.61 Å². The Morgan fingerprint density at radius 2 is 2.00 bits per heavy atom. The number of esters is 1. The van der Waals surface area contributed by atoms with Gasteiger partial charge in [-0.15, -0.1) is 0 Å². The van der Waals surface area contributed by atoms with Gasteiger partial charge >= 0.3 is 5.97 Å². The van der Waals surface area contributed by atoms with Gasteiger partial charge in [-0.1, -0.05) is 39.8 Å². The molecule has 0 aliphatic heterocycles. The van der Waals surface area contributed by atoms with Crippen molar-refractivity contribution >= 4 is 14.3 Å². The van der Waals surface area contributed by atoms with Gasteiger partial charge in [0.1, 0.15) is 0 Å². The molecule has 0 aromatic heterocycles. The Bertz CT molecular complexity index is 485. The molecule has 3 nitrogen and oxygen atoms in total. The summed E-state index contributed by atoms with van der Waals surface area (Å²) < 4.78 is 11.7. The Kier molecular flexibility index (Phi) is 5.38. The second kappa shape index (κ2) is 6.23. The molecule has 1 aliphatic rings. The highest BCUT2D eigenvalue weighted by Crippen LogP contribution is 2.46. The van der Waals surface area contributed by atoms with Crippen LogP contribution < -0.4 is 0 Å². The van der Waals surface area contributed by atoms with Gasteiger partial charge in [-0.3, -0.25) is 4.79 Å². The van der Waals surface area contributed by atoms with Crippen molar-refractivity contribution in [3.63, 3.8) is 0 Å². The number of carbonyl (C=O) groups excluding carboxylic acids is 1. The fourth-order valence-electron chi connectivity index (χ4n) is 2.38. The average Bonchev–Trinajstić information content (AvgIpc) is 2.34. The van der Waals surface area contributed by atoms with E-state index in [9.17, 15) is 4.79 Å². The SMILES string of the molecule is C=C1CC(O[Si](C)(C)C(C)(C)C)=C[C@H](C)[C@]1(C)C(=O)OCC. The molecule has 22 heavy (non-hydrogen) atoms. The molecule has 4 heteroatoms. The summed E-state index contributed by atoms with van der Waals surface area (Å²) in [6, 6.07) is 0. The lowest BCUT2D eigenvalue weighted by Gasteiger charge is -2.42. The largest absolute Gasteiger partial charge is 0.546 e. The predicted molar refractivity (Wildman–Crippen MR) is 94.0 cm³/mol. The number of allylic oxidation sites excluding steroid dienone is 2. The third kappa shape index (κ3) is 3.48. The van der Waals surface area contributed by atoms with E-state index in [2.05, 4.69) is 46.5 Å². The molecular weight excluding hydrogens is 292 g/mol. The van der Waals surface area contributed by atoms with E-state index in [1.54, 1.807) is 0 Å². The highest BCUT2D eigenvalue weighted by atomic mass is 28.4. The number of hydrogen-bond donors (Lipinski definition) is 0. The van der Waals surface area contributed by atoms with E-state index in [1.165, 1.54) is 0 Å². The minimum atomic E-state index is -1.87. The van der Waals surface area contributed by atoms with Crippen molar-refractivity contribution in [1.29, 1.82) is 0 Å². The zero-order chi connectivity index (χ0) is 17.3. The Morgan fingerprint density at radius 3 is 2.41 bits per heavy atom. The molecule has 0 saturated heterocycles. The van der Waals surface area contributed by atoms with Gasteiger partial charge in [0.05, 0.1) is 17.8 Å². The van der Waals surface area contributed by atoms with E-state index in [-0.39, 0.29) is 16.9 Å². The lowest BCUT2D eigenvalue weighted by molar-refractivity contribution is -0.154. The predicted octanol–water partition coefficient (Wildman–Crippen LogP) is 5.06. The van der Waals surface area contributed by atoms with Gasteiger partial charge in [0.2, 0.25) is 8.32 Å². The zero-order valence-corrected chi connectivity index (χ0v) is 16.5. The number of carbonyl (C=O) groups is 1. The molecule has 0 radical (unpaired) electrons. The van der Waals surface area contributed by atoms with E-state index < -0.39 is 13.7 Å². The van der Waals surface area contributed by atoms with Crippen LogP contribution in [0.1, 0.15) is 48.0 Å². The summed E-state index contributed by atoms with van der Waals surface area (Å²) in [5, 5.41) is 0.153. The van der Waals surface area contributed by atoms with Crippen molar-refractivity contribution < 1.29 is 14.0 Å². The fourth-order valence-corrected chi connectivity index (χ4v) is 3.48. The van der Waals surface area contributed by atoms with Crippen LogP contribution in [0.4, 0.5) is 0 Å². The van der Waals surface area contributed by atoms with Gasteiger partial charge in [-0.05, 0) is 44.0 Å². The maximum Gasteiger partial charge on any atom is 0.316 e. The maximum atomic E-state index is 12.3. The average molecular weight is 325 g/mol. The quantitative estimate of drug-likeness (QED) is 0.412. The smallest absolute Gasteiger partial charge is 0.316 e. The Hall–Kier alpha value is -1.03. The molecule has 2 atom stereocenters. The molecular formula is C18H32O3Si. The standard InChI is InChI=1S/C18H32O3Si/c1-10-20-16(19)18(7)13(2)11-15(12-14(18)3)21-22(8,9)17(4,5)6/h12,14H,2,10-11H2,1,3-9H3/t14-,18+/m0/s1. The van der Waals surface area contributed by atoms with Crippen LogP contribution in [-0.4, -0.2) is 20.9 Å². The maximum absolute atomic E-state index is 12.3.